The second-order valence-corrected chi connectivity index (χ2v) is 5.56. The molecule has 0 aromatic heterocycles. The van der Waals surface area contributed by atoms with Crippen LogP contribution in [0.5, 0.6) is 17.2 Å². The first-order valence-corrected chi connectivity index (χ1v) is 7.82. The second kappa shape index (κ2) is 8.45. The molecule has 0 saturated heterocycles. The van der Waals surface area contributed by atoms with Crippen LogP contribution in [-0.2, 0) is 11.3 Å². The molecule has 1 N–H and O–H groups in total. The smallest absolute Gasteiger partial charge is 0.261 e. The Kier molecular flexibility index (Phi) is 6.32. The maximum atomic E-state index is 12.2. The van der Waals surface area contributed by atoms with Gasteiger partial charge in [0.2, 0.25) is 0 Å². The Morgan fingerprint density at radius 1 is 1.12 bits per heavy atom. The highest BCUT2D eigenvalue weighted by molar-refractivity contribution is 6.30. The highest BCUT2D eigenvalue weighted by Gasteiger charge is 2.15. The van der Waals surface area contributed by atoms with Crippen molar-refractivity contribution in [3.05, 3.63) is 53.1 Å². The average Bonchev–Trinajstić information content (AvgIpc) is 2.59. The van der Waals surface area contributed by atoms with E-state index in [1.807, 2.05) is 12.1 Å². The van der Waals surface area contributed by atoms with Gasteiger partial charge in [-0.15, -0.1) is 0 Å². The van der Waals surface area contributed by atoms with E-state index in [1.165, 1.54) is 0 Å². The molecule has 2 aromatic rings. The van der Waals surface area contributed by atoms with Gasteiger partial charge in [0.1, 0.15) is 5.75 Å². The Bertz CT molecular complexity index is 705. The highest BCUT2D eigenvalue weighted by Crippen LogP contribution is 2.27. The minimum Gasteiger partial charge on any atom is -0.493 e. The summed E-state index contributed by atoms with van der Waals surface area (Å²) in [5.41, 5.74) is 0.899. The van der Waals surface area contributed by atoms with Crippen molar-refractivity contribution in [3.8, 4) is 17.2 Å². The van der Waals surface area contributed by atoms with Crippen LogP contribution in [0.1, 0.15) is 12.5 Å². The summed E-state index contributed by atoms with van der Waals surface area (Å²) in [6.07, 6.45) is -0.636. The quantitative estimate of drug-likeness (QED) is 0.832. The zero-order valence-electron chi connectivity index (χ0n) is 13.8. The molecule has 2 aromatic carbocycles. The number of ether oxygens (including phenoxy) is 3. The van der Waals surface area contributed by atoms with Crippen LogP contribution in [0.15, 0.2) is 42.5 Å². The molecule has 24 heavy (non-hydrogen) atoms. The second-order valence-electron chi connectivity index (χ2n) is 5.12. The van der Waals surface area contributed by atoms with Crippen molar-refractivity contribution in [3.63, 3.8) is 0 Å². The molecular weight excluding hydrogens is 330 g/mol. The van der Waals surface area contributed by atoms with Gasteiger partial charge >= 0.3 is 0 Å². The predicted molar refractivity (Wildman–Crippen MR) is 92.9 cm³/mol. The van der Waals surface area contributed by atoms with Crippen LogP contribution in [0.4, 0.5) is 0 Å². The summed E-state index contributed by atoms with van der Waals surface area (Å²) < 4.78 is 16.0. The lowest BCUT2D eigenvalue weighted by Gasteiger charge is -2.15. The van der Waals surface area contributed by atoms with Crippen LogP contribution in [0.25, 0.3) is 0 Å². The highest BCUT2D eigenvalue weighted by atomic mass is 35.5. The largest absolute Gasteiger partial charge is 0.493 e. The van der Waals surface area contributed by atoms with E-state index >= 15 is 0 Å². The molecule has 0 heterocycles. The number of halogens is 1. The van der Waals surface area contributed by atoms with Crippen LogP contribution in [0.3, 0.4) is 0 Å². The monoisotopic (exact) mass is 349 g/mol. The number of hydrogen-bond acceptors (Lipinski definition) is 4. The van der Waals surface area contributed by atoms with Gasteiger partial charge in [-0.1, -0.05) is 23.7 Å². The summed E-state index contributed by atoms with van der Waals surface area (Å²) in [6.45, 7) is 2.05. The molecule has 0 radical (unpaired) electrons. The molecule has 128 valence electrons. The topological polar surface area (TPSA) is 56.8 Å². The third-order valence-electron chi connectivity index (χ3n) is 3.39. The minimum absolute atomic E-state index is 0.218. The first kappa shape index (κ1) is 17.9. The van der Waals surface area contributed by atoms with Crippen LogP contribution in [0.2, 0.25) is 5.02 Å². The SMILES string of the molecule is COc1ccc(CNC(=O)[C@H](C)Oc2cccc(Cl)c2)cc1OC. The molecule has 1 atom stereocenters. The van der Waals surface area contributed by atoms with Gasteiger partial charge < -0.3 is 19.5 Å². The fraction of sp³-hybridized carbons (Fsp3) is 0.278. The van der Waals surface area contributed by atoms with Gasteiger partial charge in [-0.3, -0.25) is 4.79 Å². The number of methoxy groups -OCH3 is 2. The van der Waals surface area contributed by atoms with Crippen LogP contribution < -0.4 is 19.5 Å². The predicted octanol–water partition coefficient (Wildman–Crippen LogP) is 3.44. The third-order valence-corrected chi connectivity index (χ3v) is 3.63. The molecule has 2 rings (SSSR count). The standard InChI is InChI=1S/C18H20ClNO4/c1-12(24-15-6-4-5-14(19)10-15)18(21)20-11-13-7-8-16(22-2)17(9-13)23-3/h4-10,12H,11H2,1-3H3,(H,20,21)/t12-/m0/s1. The fourth-order valence-corrected chi connectivity index (χ4v) is 2.30. The molecule has 0 saturated carbocycles. The summed E-state index contributed by atoms with van der Waals surface area (Å²) >= 11 is 5.90. The lowest BCUT2D eigenvalue weighted by atomic mass is 10.2. The number of nitrogens with one attached hydrogen (secondary N) is 1. The van der Waals surface area contributed by atoms with Gasteiger partial charge in [-0.2, -0.15) is 0 Å². The zero-order valence-corrected chi connectivity index (χ0v) is 14.6. The fourth-order valence-electron chi connectivity index (χ4n) is 2.12. The third kappa shape index (κ3) is 4.80. The van der Waals surface area contributed by atoms with Crippen molar-refractivity contribution in [2.24, 2.45) is 0 Å². The first-order valence-electron chi connectivity index (χ1n) is 7.44. The molecule has 0 bridgehead atoms. The summed E-state index contributed by atoms with van der Waals surface area (Å²) in [4.78, 5) is 12.2. The number of carbonyl (C=O) groups is 1. The molecule has 0 spiro atoms. The van der Waals surface area contributed by atoms with Gasteiger partial charge in [0, 0.05) is 11.6 Å². The molecule has 0 aliphatic rings. The normalized spacial score (nSPS) is 11.5. The number of benzene rings is 2. The first-order chi connectivity index (χ1) is 11.5. The molecule has 0 unspecified atom stereocenters. The summed E-state index contributed by atoms with van der Waals surface area (Å²) in [7, 11) is 3.15. The van der Waals surface area contributed by atoms with Gasteiger partial charge in [-0.05, 0) is 42.8 Å². The van der Waals surface area contributed by atoms with E-state index in [-0.39, 0.29) is 5.91 Å². The van der Waals surface area contributed by atoms with Crippen LogP contribution >= 0.6 is 11.6 Å². The Balaban J connectivity index is 1.92. The van der Waals surface area contributed by atoms with E-state index < -0.39 is 6.10 Å². The molecular formula is C18H20ClNO4. The van der Waals surface area contributed by atoms with E-state index in [0.717, 1.165) is 5.56 Å². The molecule has 0 fully saturated rings. The Morgan fingerprint density at radius 3 is 2.54 bits per heavy atom. The van der Waals surface area contributed by atoms with E-state index in [0.29, 0.717) is 28.8 Å². The zero-order chi connectivity index (χ0) is 17.5. The van der Waals surface area contributed by atoms with E-state index in [4.69, 9.17) is 25.8 Å². The number of hydrogen-bond donors (Lipinski definition) is 1. The molecule has 6 heteroatoms. The maximum Gasteiger partial charge on any atom is 0.261 e. The number of carbonyl (C=O) groups excluding carboxylic acids is 1. The lowest BCUT2D eigenvalue weighted by Crippen LogP contribution is -2.35. The molecule has 5 nitrogen and oxygen atoms in total. The van der Waals surface area contributed by atoms with Gasteiger partial charge in [0.05, 0.1) is 14.2 Å². The van der Waals surface area contributed by atoms with Crippen molar-refractivity contribution in [1.29, 1.82) is 0 Å². The Hall–Kier alpha value is -2.40. The van der Waals surface area contributed by atoms with Crippen LogP contribution in [0, 0.1) is 0 Å². The number of amides is 1. The Labute approximate surface area is 146 Å². The van der Waals surface area contributed by atoms with Crippen molar-refractivity contribution in [1.82, 2.24) is 5.32 Å². The van der Waals surface area contributed by atoms with Crippen molar-refractivity contribution < 1.29 is 19.0 Å². The maximum absolute atomic E-state index is 12.2. The summed E-state index contributed by atoms with van der Waals surface area (Å²) in [5.74, 6) is 1.60. The van der Waals surface area contributed by atoms with Crippen molar-refractivity contribution in [2.45, 2.75) is 19.6 Å². The van der Waals surface area contributed by atoms with Crippen molar-refractivity contribution in [2.75, 3.05) is 14.2 Å². The molecule has 1 amide bonds. The van der Waals surface area contributed by atoms with E-state index in [9.17, 15) is 4.79 Å². The van der Waals surface area contributed by atoms with Crippen LogP contribution in [-0.4, -0.2) is 26.2 Å². The number of rotatable bonds is 7. The molecule has 0 aliphatic heterocycles. The summed E-state index contributed by atoms with van der Waals surface area (Å²) in [5, 5.41) is 3.39. The van der Waals surface area contributed by atoms with Gasteiger partial charge in [-0.25, -0.2) is 0 Å². The Morgan fingerprint density at radius 2 is 1.88 bits per heavy atom. The van der Waals surface area contributed by atoms with Gasteiger partial charge in [0.25, 0.3) is 5.91 Å². The minimum atomic E-state index is -0.636. The van der Waals surface area contributed by atoms with E-state index in [2.05, 4.69) is 5.32 Å². The van der Waals surface area contributed by atoms with Gasteiger partial charge in [0.15, 0.2) is 17.6 Å². The average molecular weight is 350 g/mol. The summed E-state index contributed by atoms with van der Waals surface area (Å²) in [6, 6.07) is 12.4. The lowest BCUT2D eigenvalue weighted by molar-refractivity contribution is -0.127. The molecule has 0 aliphatic carbocycles. The van der Waals surface area contributed by atoms with E-state index in [1.54, 1.807) is 51.5 Å². The van der Waals surface area contributed by atoms with Crippen molar-refractivity contribution >= 4 is 17.5 Å².